The average molecular weight is 339 g/mol. The van der Waals surface area contributed by atoms with Crippen LogP contribution in [-0.4, -0.2) is 63.6 Å². The molecule has 5 nitrogen and oxygen atoms in total. The summed E-state index contributed by atoms with van der Waals surface area (Å²) >= 11 is 12.3. The molecule has 1 aliphatic heterocycles. The average Bonchev–Trinajstić information content (AvgIpc) is 2.49. The predicted molar refractivity (Wildman–Crippen MR) is 82.4 cm³/mol. The largest absolute Gasteiger partial charge is 0.393 e. The first-order valence-corrected chi connectivity index (χ1v) is 8.41. The first kappa shape index (κ1) is 17.3. The van der Waals surface area contributed by atoms with Gasteiger partial charge < -0.3 is 20.8 Å². The summed E-state index contributed by atoms with van der Waals surface area (Å²) in [5.74, 6) is 0.00116. The van der Waals surface area contributed by atoms with Gasteiger partial charge >= 0.3 is 0 Å². The predicted octanol–water partition coefficient (Wildman–Crippen LogP) is 0.530. The van der Waals surface area contributed by atoms with Crippen molar-refractivity contribution < 1.29 is 15.0 Å². The third kappa shape index (κ3) is 4.02. The van der Waals surface area contributed by atoms with Crippen LogP contribution in [0.4, 0.5) is 0 Å². The van der Waals surface area contributed by atoms with E-state index in [1.54, 1.807) is 4.90 Å². The Hall–Kier alpha value is -0.0700. The number of aliphatic hydroxyl groups is 2. The van der Waals surface area contributed by atoms with E-state index >= 15 is 0 Å². The van der Waals surface area contributed by atoms with Crippen molar-refractivity contribution in [1.29, 1.82) is 0 Å². The second-order valence-corrected chi connectivity index (χ2v) is 7.31. The van der Waals surface area contributed by atoms with Crippen LogP contribution in [0, 0.1) is 11.8 Å². The molecule has 2 aliphatic rings. The molecule has 5 atom stereocenters. The quantitative estimate of drug-likeness (QED) is 0.655. The Morgan fingerprint density at radius 3 is 2.38 bits per heavy atom. The number of hydrogen-bond acceptors (Lipinski definition) is 4. The highest BCUT2D eigenvalue weighted by molar-refractivity contribution is 6.30. The Morgan fingerprint density at radius 1 is 1.24 bits per heavy atom. The fraction of sp³-hybridized carbons (Fsp3) is 0.929. The number of nitrogens with two attached hydrogens (primary N) is 1. The molecular weight excluding hydrogens is 315 g/mol. The maximum atomic E-state index is 11.4. The maximum absolute atomic E-state index is 11.4. The highest BCUT2D eigenvalue weighted by Crippen LogP contribution is 2.36. The molecule has 2 fully saturated rings. The van der Waals surface area contributed by atoms with E-state index in [-0.39, 0.29) is 34.5 Å². The first-order valence-electron chi connectivity index (χ1n) is 7.54. The highest BCUT2D eigenvalue weighted by atomic mass is 35.5. The monoisotopic (exact) mass is 338 g/mol. The molecule has 1 amide bonds. The third-order valence-electron chi connectivity index (χ3n) is 4.92. The minimum absolute atomic E-state index is 0.0346. The number of likely N-dealkylation sites (tertiary alicyclic amines) is 1. The lowest BCUT2D eigenvalue weighted by atomic mass is 9.74. The van der Waals surface area contributed by atoms with Crippen molar-refractivity contribution in [3.63, 3.8) is 0 Å². The van der Waals surface area contributed by atoms with E-state index in [2.05, 4.69) is 0 Å². The van der Waals surface area contributed by atoms with Crippen LogP contribution in [0.1, 0.15) is 25.7 Å². The van der Waals surface area contributed by atoms with Crippen LogP contribution in [0.15, 0.2) is 0 Å². The van der Waals surface area contributed by atoms with Crippen molar-refractivity contribution in [2.24, 2.45) is 17.6 Å². The fourth-order valence-corrected chi connectivity index (χ4v) is 4.11. The van der Waals surface area contributed by atoms with Crippen molar-refractivity contribution in [3.8, 4) is 0 Å². The molecule has 5 unspecified atom stereocenters. The number of hydrogen-bond donors (Lipinski definition) is 3. The highest BCUT2D eigenvalue weighted by Gasteiger charge is 2.40. The summed E-state index contributed by atoms with van der Waals surface area (Å²) in [7, 11) is 0. The fourth-order valence-electron chi connectivity index (χ4n) is 3.51. The minimum atomic E-state index is -0.505. The van der Waals surface area contributed by atoms with Gasteiger partial charge in [0, 0.05) is 25.0 Å². The molecule has 7 heteroatoms. The SMILES string of the molecule is NC(C1CCN(C(=O)CO)CC1)C1CC(Cl)C(Cl)CC1O. The number of carbonyl (C=O) groups excluding carboxylic acids is 1. The van der Waals surface area contributed by atoms with Gasteiger partial charge in [0.15, 0.2) is 0 Å². The molecule has 4 N–H and O–H groups in total. The standard InChI is InChI=1S/C14H24Cl2N2O3/c15-10-5-9(12(20)6-11(10)16)14(17)8-1-3-18(4-2-8)13(21)7-19/h8-12,14,19-20H,1-7,17H2. The van der Waals surface area contributed by atoms with E-state index < -0.39 is 12.7 Å². The van der Waals surface area contributed by atoms with Crippen molar-refractivity contribution in [2.75, 3.05) is 19.7 Å². The van der Waals surface area contributed by atoms with Crippen molar-refractivity contribution >= 4 is 29.1 Å². The van der Waals surface area contributed by atoms with Crippen LogP contribution in [0.2, 0.25) is 0 Å². The van der Waals surface area contributed by atoms with Gasteiger partial charge in [0.05, 0.1) is 16.9 Å². The first-order chi connectivity index (χ1) is 9.93. The maximum Gasteiger partial charge on any atom is 0.248 e. The number of carbonyl (C=O) groups is 1. The van der Waals surface area contributed by atoms with E-state index in [0.29, 0.717) is 25.9 Å². The number of piperidine rings is 1. The zero-order valence-electron chi connectivity index (χ0n) is 12.0. The Morgan fingerprint density at radius 2 is 1.81 bits per heavy atom. The van der Waals surface area contributed by atoms with Gasteiger partial charge in [-0.2, -0.15) is 0 Å². The zero-order valence-corrected chi connectivity index (χ0v) is 13.5. The van der Waals surface area contributed by atoms with Gasteiger partial charge in [-0.3, -0.25) is 4.79 Å². The van der Waals surface area contributed by atoms with Crippen molar-refractivity contribution in [3.05, 3.63) is 0 Å². The lowest BCUT2D eigenvalue weighted by molar-refractivity contribution is -0.135. The lowest BCUT2D eigenvalue weighted by Crippen LogP contribution is -2.52. The molecular formula is C14H24Cl2N2O3. The molecule has 122 valence electrons. The second-order valence-electron chi connectivity index (χ2n) is 6.19. The summed E-state index contributed by atoms with van der Waals surface area (Å²) in [6.45, 7) is 0.787. The molecule has 0 aromatic rings. The minimum Gasteiger partial charge on any atom is -0.393 e. The van der Waals surface area contributed by atoms with E-state index in [9.17, 15) is 9.90 Å². The molecule has 0 spiro atoms. The van der Waals surface area contributed by atoms with Gasteiger partial charge in [0.1, 0.15) is 6.61 Å². The number of amides is 1. The summed E-state index contributed by atoms with van der Waals surface area (Å²) in [5, 5.41) is 18.7. The van der Waals surface area contributed by atoms with E-state index in [0.717, 1.165) is 12.8 Å². The molecule has 2 rings (SSSR count). The van der Waals surface area contributed by atoms with Crippen LogP contribution in [-0.2, 0) is 4.79 Å². The topological polar surface area (TPSA) is 86.8 Å². The van der Waals surface area contributed by atoms with Crippen LogP contribution < -0.4 is 5.73 Å². The summed E-state index contributed by atoms with van der Waals surface area (Å²) in [5.41, 5.74) is 6.36. The Labute approximate surface area is 135 Å². The van der Waals surface area contributed by atoms with Crippen LogP contribution in [0.3, 0.4) is 0 Å². The molecule has 21 heavy (non-hydrogen) atoms. The Kier molecular flexibility index (Phi) is 6.15. The van der Waals surface area contributed by atoms with Crippen LogP contribution in [0.25, 0.3) is 0 Å². The van der Waals surface area contributed by atoms with Gasteiger partial charge in [0.25, 0.3) is 0 Å². The smallest absolute Gasteiger partial charge is 0.248 e. The van der Waals surface area contributed by atoms with Gasteiger partial charge in [0.2, 0.25) is 5.91 Å². The van der Waals surface area contributed by atoms with Gasteiger partial charge in [-0.25, -0.2) is 0 Å². The Balaban J connectivity index is 1.89. The molecule has 1 saturated heterocycles. The zero-order chi connectivity index (χ0) is 15.6. The molecule has 1 saturated carbocycles. The summed E-state index contributed by atoms with van der Waals surface area (Å²) in [4.78, 5) is 13.1. The molecule has 0 bridgehead atoms. The Bertz CT molecular complexity index is 364. The summed E-state index contributed by atoms with van der Waals surface area (Å²) in [6, 6.07) is -0.128. The summed E-state index contributed by atoms with van der Waals surface area (Å²) in [6.07, 6.45) is 2.21. The molecule has 0 aromatic carbocycles. The van der Waals surface area contributed by atoms with Crippen LogP contribution >= 0.6 is 23.2 Å². The second kappa shape index (κ2) is 7.47. The third-order valence-corrected chi connectivity index (χ3v) is 6.01. The van der Waals surface area contributed by atoms with E-state index in [1.165, 1.54) is 0 Å². The van der Waals surface area contributed by atoms with Crippen LogP contribution in [0.5, 0.6) is 0 Å². The molecule has 0 radical (unpaired) electrons. The van der Waals surface area contributed by atoms with Gasteiger partial charge in [-0.1, -0.05) is 0 Å². The molecule has 0 aromatic heterocycles. The normalized spacial score (nSPS) is 36.5. The number of alkyl halides is 2. The molecule has 1 heterocycles. The van der Waals surface area contributed by atoms with Crippen molar-refractivity contribution in [2.45, 2.75) is 48.6 Å². The van der Waals surface area contributed by atoms with Gasteiger partial charge in [-0.05, 0) is 31.6 Å². The number of rotatable bonds is 3. The number of aliphatic hydroxyl groups excluding tert-OH is 2. The number of nitrogens with zero attached hydrogens (tertiary/aromatic N) is 1. The van der Waals surface area contributed by atoms with Crippen molar-refractivity contribution in [1.82, 2.24) is 4.90 Å². The number of halogens is 2. The lowest BCUT2D eigenvalue weighted by Gasteiger charge is -2.42. The molecule has 1 aliphatic carbocycles. The van der Waals surface area contributed by atoms with Gasteiger partial charge in [-0.15, -0.1) is 23.2 Å². The summed E-state index contributed by atoms with van der Waals surface area (Å²) < 4.78 is 0. The van der Waals surface area contributed by atoms with E-state index in [1.807, 2.05) is 0 Å². The van der Waals surface area contributed by atoms with E-state index in [4.69, 9.17) is 34.0 Å².